The molecular formula is C72H109NO8. The van der Waals surface area contributed by atoms with Gasteiger partial charge in [0.15, 0.2) is 12.4 Å². The number of aliphatic carboxylic acids is 1. The highest BCUT2D eigenvalue weighted by Crippen LogP contribution is 2.12. The van der Waals surface area contributed by atoms with E-state index in [2.05, 4.69) is 196 Å². The Morgan fingerprint density at radius 2 is 0.691 bits per heavy atom. The van der Waals surface area contributed by atoms with Crippen LogP contribution in [0.3, 0.4) is 0 Å². The fourth-order valence-electron chi connectivity index (χ4n) is 7.23. The fourth-order valence-corrected chi connectivity index (χ4v) is 7.23. The molecule has 0 saturated heterocycles. The molecule has 0 radical (unpaired) electrons. The third-order valence-corrected chi connectivity index (χ3v) is 11.9. The van der Waals surface area contributed by atoms with Crippen molar-refractivity contribution in [3.05, 3.63) is 194 Å². The van der Waals surface area contributed by atoms with E-state index in [1.165, 1.54) is 0 Å². The number of ether oxygens (including phenoxy) is 4. The summed E-state index contributed by atoms with van der Waals surface area (Å²) in [6, 6.07) is 0. The van der Waals surface area contributed by atoms with Crippen LogP contribution in [0.25, 0.3) is 0 Å². The van der Waals surface area contributed by atoms with E-state index in [0.717, 1.165) is 141 Å². The Morgan fingerprint density at radius 3 is 1.04 bits per heavy atom. The number of quaternary nitrogens is 1. The number of carboxylic acids is 1. The molecule has 0 aliphatic rings. The van der Waals surface area contributed by atoms with Gasteiger partial charge in [-0.1, -0.05) is 234 Å². The van der Waals surface area contributed by atoms with Crippen LogP contribution in [0.4, 0.5) is 0 Å². The molecule has 0 aliphatic carbocycles. The summed E-state index contributed by atoms with van der Waals surface area (Å²) in [5.74, 6) is -2.44. The van der Waals surface area contributed by atoms with Crippen LogP contribution in [-0.4, -0.2) is 82.3 Å². The largest absolute Gasteiger partial charge is 0.545 e. The van der Waals surface area contributed by atoms with Crippen LogP contribution < -0.4 is 5.11 Å². The van der Waals surface area contributed by atoms with Crippen molar-refractivity contribution in [2.24, 2.45) is 0 Å². The zero-order chi connectivity index (χ0) is 59.1. The first-order valence-corrected chi connectivity index (χ1v) is 30.6. The number of nitrogens with zero attached hydrogens (tertiary/aromatic N) is 1. The van der Waals surface area contributed by atoms with Gasteiger partial charge in [-0.25, -0.2) is 0 Å². The average Bonchev–Trinajstić information content (AvgIpc) is 3.44. The van der Waals surface area contributed by atoms with Crippen LogP contribution in [0.2, 0.25) is 0 Å². The van der Waals surface area contributed by atoms with Crippen molar-refractivity contribution < 1.29 is 42.9 Å². The van der Waals surface area contributed by atoms with Gasteiger partial charge in [0.2, 0.25) is 0 Å². The van der Waals surface area contributed by atoms with Gasteiger partial charge in [0.1, 0.15) is 13.2 Å². The molecule has 0 aromatic carbocycles. The number of carboxylic acid groups (broad SMARTS) is 1. The number of hydrogen-bond donors (Lipinski definition) is 0. The molecule has 0 aromatic heterocycles. The van der Waals surface area contributed by atoms with Gasteiger partial charge < -0.3 is 33.3 Å². The second kappa shape index (κ2) is 60.2. The smallest absolute Gasteiger partial charge is 0.306 e. The minimum Gasteiger partial charge on any atom is -0.545 e. The van der Waals surface area contributed by atoms with Gasteiger partial charge in [0.05, 0.1) is 40.3 Å². The summed E-state index contributed by atoms with van der Waals surface area (Å²) in [6.45, 7) is 4.37. The van der Waals surface area contributed by atoms with Crippen LogP contribution in [-0.2, 0) is 33.3 Å². The zero-order valence-electron chi connectivity index (χ0n) is 51.1. The molecule has 81 heavy (non-hydrogen) atoms. The normalized spacial score (nSPS) is 14.1. The lowest BCUT2D eigenvalue weighted by Gasteiger charge is -2.26. The zero-order valence-corrected chi connectivity index (χ0v) is 51.1. The van der Waals surface area contributed by atoms with Crippen LogP contribution in [0.5, 0.6) is 0 Å². The van der Waals surface area contributed by atoms with Gasteiger partial charge in [-0.05, 0) is 128 Å². The van der Waals surface area contributed by atoms with Crippen molar-refractivity contribution in [1.82, 2.24) is 0 Å². The van der Waals surface area contributed by atoms with E-state index >= 15 is 0 Å². The monoisotopic (exact) mass is 1120 g/mol. The summed E-state index contributed by atoms with van der Waals surface area (Å²) in [4.78, 5) is 37.3. The Labute approximate surface area is 493 Å². The van der Waals surface area contributed by atoms with Gasteiger partial charge in [0, 0.05) is 12.8 Å². The first-order valence-electron chi connectivity index (χ1n) is 30.6. The Kier molecular flexibility index (Phi) is 55.9. The molecule has 0 bridgehead atoms. The molecule has 9 heteroatoms. The van der Waals surface area contributed by atoms with Crippen molar-refractivity contribution in [3.8, 4) is 0 Å². The van der Waals surface area contributed by atoms with Gasteiger partial charge in [0.25, 0.3) is 0 Å². The van der Waals surface area contributed by atoms with E-state index < -0.39 is 30.3 Å². The fraction of sp³-hybridized carbons (Fsp3) is 0.514. The second-order valence-corrected chi connectivity index (χ2v) is 20.5. The average molecular weight is 1120 g/mol. The number of likely N-dealkylation sites (N-methyl/N-ethyl adjacent to an activating group) is 1. The van der Waals surface area contributed by atoms with Gasteiger partial charge in [-0.3, -0.25) is 9.59 Å². The highest BCUT2D eigenvalue weighted by molar-refractivity contribution is 5.70. The van der Waals surface area contributed by atoms with Gasteiger partial charge >= 0.3 is 11.9 Å². The van der Waals surface area contributed by atoms with Crippen molar-refractivity contribution in [2.45, 2.75) is 193 Å². The molecule has 0 N–H and O–H groups in total. The Bertz CT molecular complexity index is 2020. The predicted molar refractivity (Wildman–Crippen MR) is 342 cm³/mol. The molecule has 2 atom stereocenters. The third kappa shape index (κ3) is 61.6. The quantitative estimate of drug-likeness (QED) is 0.0195. The Hall–Kier alpha value is -5.87. The Morgan fingerprint density at radius 1 is 0.370 bits per heavy atom. The molecule has 9 nitrogen and oxygen atoms in total. The number of unbranched alkanes of at least 4 members (excludes halogenated alkanes) is 6. The highest BCUT2D eigenvalue weighted by atomic mass is 16.7. The number of esters is 2. The molecule has 0 heterocycles. The molecule has 0 spiro atoms. The number of allylic oxidation sites excluding steroid dienone is 32. The lowest BCUT2D eigenvalue weighted by atomic mass is 10.1. The van der Waals surface area contributed by atoms with Crippen molar-refractivity contribution in [2.75, 3.05) is 47.5 Å². The van der Waals surface area contributed by atoms with E-state index in [1.807, 2.05) is 33.3 Å². The van der Waals surface area contributed by atoms with E-state index in [9.17, 15) is 19.5 Å². The van der Waals surface area contributed by atoms with Crippen molar-refractivity contribution in [1.29, 1.82) is 0 Å². The first kappa shape index (κ1) is 75.1. The van der Waals surface area contributed by atoms with E-state index in [-0.39, 0.29) is 32.7 Å². The molecular weight excluding hydrogens is 1010 g/mol. The number of rotatable bonds is 53. The number of hydrogen-bond acceptors (Lipinski definition) is 8. The minimum absolute atomic E-state index is 0.121. The van der Waals surface area contributed by atoms with Crippen LogP contribution in [0.1, 0.15) is 181 Å². The lowest BCUT2D eigenvalue weighted by Crippen LogP contribution is -2.44. The maximum absolute atomic E-state index is 12.9. The van der Waals surface area contributed by atoms with Crippen molar-refractivity contribution >= 4 is 17.9 Å². The molecule has 450 valence electrons. The summed E-state index contributed by atoms with van der Waals surface area (Å²) in [5.41, 5.74) is 0. The third-order valence-electron chi connectivity index (χ3n) is 11.9. The summed E-state index contributed by atoms with van der Waals surface area (Å²) < 4.78 is 22.6. The molecule has 0 amide bonds. The predicted octanol–water partition coefficient (Wildman–Crippen LogP) is 17.3. The number of carbonyl (C=O) groups excluding carboxylic acids is 3. The molecule has 0 saturated carbocycles. The summed E-state index contributed by atoms with van der Waals surface area (Å²) in [7, 11) is 5.88. The molecule has 0 aliphatic heterocycles. The van der Waals surface area contributed by atoms with Crippen LogP contribution in [0, 0.1) is 0 Å². The van der Waals surface area contributed by atoms with Gasteiger partial charge in [-0.15, -0.1) is 0 Å². The molecule has 2 unspecified atom stereocenters. The van der Waals surface area contributed by atoms with Crippen LogP contribution >= 0.6 is 0 Å². The highest BCUT2D eigenvalue weighted by Gasteiger charge is 2.21. The minimum atomic E-state index is -1.66. The summed E-state index contributed by atoms with van der Waals surface area (Å²) in [6.07, 6.45) is 90.7. The topological polar surface area (TPSA) is 111 Å². The SMILES string of the molecule is CC/C=C\C/C=C\C/C=C\C/C=C\C/C=C\C/C=C\C/C=C\C/C=C\C/C=C\C/C=C\CCCCCCCCC(=O)OC(COC(=O)CC/C=C\C/C=C\C/C=C\C/C=C\C/C=C\C/C=C\CC)COC(OCC[N+](C)(C)C)C(=O)[O-]. The molecule has 0 fully saturated rings. The maximum Gasteiger partial charge on any atom is 0.306 e. The number of carbonyl (C=O) groups is 3. The summed E-state index contributed by atoms with van der Waals surface area (Å²) >= 11 is 0. The summed E-state index contributed by atoms with van der Waals surface area (Å²) in [5, 5.41) is 11.8. The van der Waals surface area contributed by atoms with E-state index in [1.54, 1.807) is 0 Å². The molecule has 0 aromatic rings. The Balaban J connectivity index is 4.36. The van der Waals surface area contributed by atoms with E-state index in [0.29, 0.717) is 23.9 Å². The maximum atomic E-state index is 12.9. The lowest BCUT2D eigenvalue weighted by molar-refractivity contribution is -0.870. The first-order chi connectivity index (χ1) is 39.6. The van der Waals surface area contributed by atoms with Crippen LogP contribution in [0.15, 0.2) is 194 Å². The standard InChI is InChI=1S/C72H109NO8/c1-6-8-10-12-14-16-18-20-22-24-26-27-28-29-30-31-32-33-34-35-36-37-38-39-40-41-42-43-45-47-49-51-53-55-57-59-61-63-70(75)81-68(67-80-72(71(76)77)78-65-64-73(3,4)5)66-79-69(74)62-60-58-56-54-52-50-48-46-44-25-23-21-19-17-15-13-11-9-7-2/h8-11,14-17,20-23,26-27,29-30,32-33,35-36,38-39,41-42,44-47,50,52,56,58,68,72H,6-7,12-13,18-19,24-25,28,31,34,37,40,43,48-49,51,53-55,57,59-67H2,1-5H3/b10-8-,11-9-,16-14-,17-15-,22-20-,23-21-,27-26-,30-29-,33-32-,36-35-,39-38-,42-41-,46-44-,47-45-,52-50-,58-56-. The second-order valence-electron chi connectivity index (χ2n) is 20.5. The molecule has 0 rings (SSSR count). The van der Waals surface area contributed by atoms with Gasteiger partial charge in [-0.2, -0.15) is 0 Å². The van der Waals surface area contributed by atoms with E-state index in [4.69, 9.17) is 18.9 Å². The van der Waals surface area contributed by atoms with Crippen molar-refractivity contribution in [3.63, 3.8) is 0 Å².